The molecule has 0 unspecified atom stereocenters. The fraction of sp³-hybridized carbons (Fsp3) is 0.435. The minimum Gasteiger partial charge on any atom is -0.487 e. The number of ether oxygens (including phenoxy) is 1. The Morgan fingerprint density at radius 1 is 1.15 bits per heavy atom. The predicted octanol–water partition coefficient (Wildman–Crippen LogP) is 5.04. The van der Waals surface area contributed by atoms with Gasteiger partial charge in [-0.3, -0.25) is 4.79 Å². The van der Waals surface area contributed by atoms with Crippen molar-refractivity contribution in [3.63, 3.8) is 0 Å². The molecule has 3 rings (SSSR count). The van der Waals surface area contributed by atoms with E-state index in [4.69, 9.17) is 4.74 Å². The number of amides is 1. The molecule has 1 heterocycles. The van der Waals surface area contributed by atoms with Gasteiger partial charge in [0.05, 0.1) is 12.5 Å². The van der Waals surface area contributed by atoms with Gasteiger partial charge in [0, 0.05) is 12.0 Å². The van der Waals surface area contributed by atoms with E-state index in [9.17, 15) is 4.79 Å². The lowest BCUT2D eigenvalue weighted by atomic mass is 9.83. The molecule has 1 amide bonds. The average molecular weight is 351 g/mol. The molecule has 0 radical (unpaired) electrons. The van der Waals surface area contributed by atoms with E-state index < -0.39 is 0 Å². The van der Waals surface area contributed by atoms with Crippen LogP contribution in [0.15, 0.2) is 42.5 Å². The monoisotopic (exact) mass is 351 g/mol. The molecule has 0 saturated carbocycles. The first kappa shape index (κ1) is 18.5. The summed E-state index contributed by atoms with van der Waals surface area (Å²) in [7, 11) is 0. The van der Waals surface area contributed by atoms with Gasteiger partial charge in [-0.05, 0) is 43.9 Å². The van der Waals surface area contributed by atoms with Crippen molar-refractivity contribution < 1.29 is 9.53 Å². The molecular weight excluding hydrogens is 322 g/mol. The second-order valence-electron chi connectivity index (χ2n) is 7.46. The largest absolute Gasteiger partial charge is 0.487 e. The topological polar surface area (TPSA) is 38.3 Å². The molecule has 0 aliphatic carbocycles. The van der Waals surface area contributed by atoms with E-state index in [-0.39, 0.29) is 17.6 Å². The molecule has 0 bridgehead atoms. The van der Waals surface area contributed by atoms with E-state index in [1.807, 2.05) is 18.2 Å². The molecule has 0 fully saturated rings. The van der Waals surface area contributed by atoms with Gasteiger partial charge in [0.1, 0.15) is 11.4 Å². The molecule has 3 heteroatoms. The number of fused-ring (bicyclic) bond motifs is 1. The number of nitrogens with one attached hydrogen (secondary N) is 1. The smallest absolute Gasteiger partial charge is 0.224 e. The normalized spacial score (nSPS) is 17.9. The number of carbonyl (C=O) groups excluding carboxylic acids is 1. The van der Waals surface area contributed by atoms with Crippen LogP contribution in [0.4, 0.5) is 0 Å². The van der Waals surface area contributed by atoms with E-state index in [0.29, 0.717) is 6.42 Å². The molecule has 2 aromatic carbocycles. The third-order valence-electron chi connectivity index (χ3n) is 5.67. The molecule has 26 heavy (non-hydrogen) atoms. The van der Waals surface area contributed by atoms with Crippen molar-refractivity contribution in [2.75, 3.05) is 0 Å². The summed E-state index contributed by atoms with van der Waals surface area (Å²) in [5.74, 6) is 0.971. The fourth-order valence-corrected chi connectivity index (χ4v) is 3.89. The Labute approximate surface area is 156 Å². The number of aryl methyl sites for hydroxylation is 2. The maximum absolute atomic E-state index is 12.8. The highest BCUT2D eigenvalue weighted by Gasteiger charge is 2.38. The van der Waals surface area contributed by atoms with Crippen molar-refractivity contribution in [3.8, 4) is 5.75 Å². The van der Waals surface area contributed by atoms with Gasteiger partial charge in [-0.15, -0.1) is 0 Å². The van der Waals surface area contributed by atoms with Crippen LogP contribution < -0.4 is 10.1 Å². The van der Waals surface area contributed by atoms with Crippen LogP contribution >= 0.6 is 0 Å². The van der Waals surface area contributed by atoms with Gasteiger partial charge in [0.15, 0.2) is 0 Å². The van der Waals surface area contributed by atoms with Crippen LogP contribution in [0, 0.1) is 13.8 Å². The molecule has 1 N–H and O–H groups in total. The third-order valence-corrected chi connectivity index (χ3v) is 5.67. The second kappa shape index (κ2) is 7.53. The first-order valence-electron chi connectivity index (χ1n) is 9.60. The predicted molar refractivity (Wildman–Crippen MR) is 106 cm³/mol. The van der Waals surface area contributed by atoms with Crippen molar-refractivity contribution >= 4 is 5.91 Å². The molecule has 0 aromatic heterocycles. The van der Waals surface area contributed by atoms with Gasteiger partial charge < -0.3 is 10.1 Å². The number of rotatable bonds is 5. The van der Waals surface area contributed by atoms with E-state index in [1.54, 1.807) is 0 Å². The fourth-order valence-electron chi connectivity index (χ4n) is 3.89. The van der Waals surface area contributed by atoms with Crippen molar-refractivity contribution in [2.24, 2.45) is 0 Å². The Bertz CT molecular complexity index is 793. The Kier molecular flexibility index (Phi) is 5.36. The number of hydrogen-bond donors (Lipinski definition) is 1. The molecule has 1 aliphatic rings. The summed E-state index contributed by atoms with van der Waals surface area (Å²) in [5.41, 5.74) is 4.36. The van der Waals surface area contributed by atoms with Gasteiger partial charge in [-0.2, -0.15) is 0 Å². The molecule has 2 aromatic rings. The molecule has 0 saturated heterocycles. The van der Waals surface area contributed by atoms with Gasteiger partial charge in [0.25, 0.3) is 0 Å². The Hall–Kier alpha value is -2.29. The maximum atomic E-state index is 12.8. The summed E-state index contributed by atoms with van der Waals surface area (Å²) in [4.78, 5) is 12.8. The van der Waals surface area contributed by atoms with Gasteiger partial charge in [-0.1, -0.05) is 55.8 Å². The minimum atomic E-state index is -0.202. The summed E-state index contributed by atoms with van der Waals surface area (Å²) in [6.07, 6.45) is 3.09. The molecule has 1 atom stereocenters. The van der Waals surface area contributed by atoms with Crippen LogP contribution in [-0.4, -0.2) is 11.5 Å². The number of hydrogen-bond acceptors (Lipinski definition) is 2. The zero-order valence-electron chi connectivity index (χ0n) is 16.3. The van der Waals surface area contributed by atoms with Gasteiger partial charge in [0.2, 0.25) is 5.91 Å². The Morgan fingerprint density at radius 2 is 1.88 bits per heavy atom. The van der Waals surface area contributed by atoms with E-state index >= 15 is 0 Å². The molecular formula is C23H29NO2. The number of carbonyl (C=O) groups is 1. The first-order valence-corrected chi connectivity index (χ1v) is 9.60. The van der Waals surface area contributed by atoms with E-state index in [1.165, 1.54) is 11.1 Å². The highest BCUT2D eigenvalue weighted by atomic mass is 16.5. The quantitative estimate of drug-likeness (QED) is 0.819. The molecule has 0 spiro atoms. The van der Waals surface area contributed by atoms with Crippen molar-refractivity contribution in [2.45, 2.75) is 65.0 Å². The SMILES string of the molecule is CCC1(CC)C[C@@H](NC(=O)Cc2ccc(C)cc2C)c2ccccc2O1. The van der Waals surface area contributed by atoms with Crippen LogP contribution in [0.25, 0.3) is 0 Å². The summed E-state index contributed by atoms with van der Waals surface area (Å²) >= 11 is 0. The second-order valence-corrected chi connectivity index (χ2v) is 7.46. The lowest BCUT2D eigenvalue weighted by molar-refractivity contribution is -0.121. The lowest BCUT2D eigenvalue weighted by Crippen LogP contribution is -2.44. The summed E-state index contributed by atoms with van der Waals surface area (Å²) in [5, 5.41) is 3.27. The lowest BCUT2D eigenvalue weighted by Gasteiger charge is -2.41. The van der Waals surface area contributed by atoms with Crippen LogP contribution in [0.5, 0.6) is 5.75 Å². The van der Waals surface area contributed by atoms with Crippen molar-refractivity contribution in [1.29, 1.82) is 0 Å². The molecule has 3 nitrogen and oxygen atoms in total. The van der Waals surface area contributed by atoms with Crippen LogP contribution in [-0.2, 0) is 11.2 Å². The number of benzene rings is 2. The zero-order valence-corrected chi connectivity index (χ0v) is 16.3. The Balaban J connectivity index is 1.80. The van der Waals surface area contributed by atoms with Crippen LogP contribution in [0.2, 0.25) is 0 Å². The highest BCUT2D eigenvalue weighted by Crippen LogP contribution is 2.42. The van der Waals surface area contributed by atoms with Crippen molar-refractivity contribution in [3.05, 3.63) is 64.7 Å². The van der Waals surface area contributed by atoms with Gasteiger partial charge >= 0.3 is 0 Å². The minimum absolute atomic E-state index is 0.00176. The van der Waals surface area contributed by atoms with E-state index in [2.05, 4.69) is 57.3 Å². The summed E-state index contributed by atoms with van der Waals surface area (Å²) < 4.78 is 6.33. The van der Waals surface area contributed by atoms with Gasteiger partial charge in [-0.25, -0.2) is 0 Å². The summed E-state index contributed by atoms with van der Waals surface area (Å²) in [6, 6.07) is 14.3. The molecule has 1 aliphatic heterocycles. The first-order chi connectivity index (χ1) is 12.5. The number of para-hydroxylation sites is 1. The summed E-state index contributed by atoms with van der Waals surface area (Å²) in [6.45, 7) is 8.46. The zero-order chi connectivity index (χ0) is 18.7. The van der Waals surface area contributed by atoms with Crippen LogP contribution in [0.3, 0.4) is 0 Å². The molecule has 138 valence electrons. The average Bonchev–Trinajstić information content (AvgIpc) is 2.64. The highest BCUT2D eigenvalue weighted by molar-refractivity contribution is 5.79. The Morgan fingerprint density at radius 3 is 2.58 bits per heavy atom. The standard InChI is InChI=1S/C23H29NO2/c1-5-23(6-2)15-20(19-9-7-8-10-21(19)26-23)24-22(25)14-18-12-11-16(3)13-17(18)4/h7-13,20H,5-6,14-15H2,1-4H3,(H,24,25)/t20-/m1/s1. The maximum Gasteiger partial charge on any atom is 0.224 e. The van der Waals surface area contributed by atoms with Crippen molar-refractivity contribution in [1.82, 2.24) is 5.32 Å². The van der Waals surface area contributed by atoms with Crippen LogP contribution in [0.1, 0.15) is 61.4 Å². The van der Waals surface area contributed by atoms with E-state index in [0.717, 1.165) is 36.1 Å². The third kappa shape index (κ3) is 3.77.